The van der Waals surface area contributed by atoms with Crippen molar-refractivity contribution in [1.29, 1.82) is 0 Å². The Morgan fingerprint density at radius 2 is 1.52 bits per heavy atom. The summed E-state index contributed by atoms with van der Waals surface area (Å²) in [5, 5.41) is 2.72. The quantitative estimate of drug-likeness (QED) is 0.316. The van der Waals surface area contributed by atoms with E-state index >= 15 is 0 Å². The average Bonchev–Trinajstić information content (AvgIpc) is 2.82. The largest absolute Gasteiger partial charge is 4.00 e. The molecular weight excluding hydrogens is 358 g/mol. The Balaban J connectivity index is 0. The zero-order valence-corrected chi connectivity index (χ0v) is 15.4. The third-order valence-electron chi connectivity index (χ3n) is 3.30. The van der Waals surface area contributed by atoms with Crippen molar-refractivity contribution in [3.05, 3.63) is 66.2 Å². The number of hydrogen-bond acceptors (Lipinski definition) is 0. The Morgan fingerprint density at radius 3 is 2.14 bits per heavy atom. The summed E-state index contributed by atoms with van der Waals surface area (Å²) in [5.74, 6) is 0. The molecule has 0 N–H and O–H groups in total. The molecule has 0 saturated carbocycles. The summed E-state index contributed by atoms with van der Waals surface area (Å²) in [4.78, 5) is 0. The second-order valence-corrected chi connectivity index (χ2v) is 4.39. The molecule has 0 heterocycles. The van der Waals surface area contributed by atoms with Crippen LogP contribution in [0.5, 0.6) is 0 Å². The molecule has 3 rings (SSSR count). The molecule has 108 valence electrons. The van der Waals surface area contributed by atoms with Gasteiger partial charge in [-0.2, -0.15) is 6.07 Å². The number of aryl methyl sites for hydroxylation is 1. The molecule has 4 heteroatoms. The van der Waals surface area contributed by atoms with E-state index < -0.39 is 0 Å². The maximum atomic E-state index is 2.32. The molecule has 0 aliphatic carbocycles. The van der Waals surface area contributed by atoms with Crippen molar-refractivity contribution in [3.63, 3.8) is 0 Å². The van der Waals surface area contributed by atoms with E-state index in [2.05, 4.69) is 67.6 Å². The van der Waals surface area contributed by atoms with Crippen molar-refractivity contribution >= 4 is 10.8 Å². The van der Waals surface area contributed by atoms with E-state index in [0.29, 0.717) is 0 Å². The number of hydrogen-bond donors (Lipinski definition) is 0. The van der Waals surface area contributed by atoms with Crippen LogP contribution in [0, 0.1) is 0 Å². The first-order valence-electron chi connectivity index (χ1n) is 6.12. The van der Waals surface area contributed by atoms with Crippen molar-refractivity contribution in [2.45, 2.75) is 13.3 Å². The van der Waals surface area contributed by atoms with Gasteiger partial charge in [0.25, 0.3) is 0 Å². The maximum absolute atomic E-state index is 2.32. The summed E-state index contributed by atoms with van der Waals surface area (Å²) in [7, 11) is 0. The summed E-state index contributed by atoms with van der Waals surface area (Å²) < 4.78 is 0. The van der Waals surface area contributed by atoms with Crippen LogP contribution in [-0.4, -0.2) is 0 Å². The SMILES string of the molecule is CCc1cc2c(-c3ccccc3)cccc2[cH-]1.[Cl-].[Cl-].[Cl-].[Ti+4]. The van der Waals surface area contributed by atoms with Gasteiger partial charge in [0.1, 0.15) is 0 Å². The predicted octanol–water partition coefficient (Wildman–Crippen LogP) is -4.20. The molecular formula is C17H15Cl3Ti. The van der Waals surface area contributed by atoms with Crippen LogP contribution in [-0.2, 0) is 28.1 Å². The minimum atomic E-state index is 0. The first-order chi connectivity index (χ1) is 8.38. The average molecular weight is 374 g/mol. The molecule has 0 saturated heterocycles. The minimum Gasteiger partial charge on any atom is -1.00 e. The van der Waals surface area contributed by atoms with Crippen molar-refractivity contribution < 1.29 is 58.9 Å². The summed E-state index contributed by atoms with van der Waals surface area (Å²) in [6.07, 6.45) is 1.10. The molecule has 0 unspecified atom stereocenters. The third kappa shape index (κ3) is 4.81. The molecule has 0 aliphatic heterocycles. The molecule has 0 aliphatic rings. The summed E-state index contributed by atoms with van der Waals surface area (Å²) in [6, 6.07) is 21.8. The van der Waals surface area contributed by atoms with Gasteiger partial charge in [-0.15, -0.1) is 34.5 Å². The van der Waals surface area contributed by atoms with Crippen LogP contribution in [0.1, 0.15) is 12.5 Å². The number of rotatable bonds is 2. The summed E-state index contributed by atoms with van der Waals surface area (Å²) >= 11 is 0. The standard InChI is InChI=1S/C17H15.3ClH.Ti/c1-2-13-11-15-9-6-10-16(17(15)12-13)14-7-4-3-5-8-14;;;;/h3-12H,2H2,1H3;3*1H;/q-1;;;;+4/p-3. The first kappa shape index (κ1) is 22.9. The molecule has 0 bridgehead atoms. The fourth-order valence-corrected chi connectivity index (χ4v) is 2.37. The van der Waals surface area contributed by atoms with E-state index in [1.807, 2.05) is 0 Å². The molecule has 0 aromatic heterocycles. The van der Waals surface area contributed by atoms with E-state index in [-0.39, 0.29) is 58.9 Å². The van der Waals surface area contributed by atoms with E-state index in [1.54, 1.807) is 0 Å². The smallest absolute Gasteiger partial charge is 1.00 e. The predicted molar refractivity (Wildman–Crippen MR) is 74.4 cm³/mol. The monoisotopic (exact) mass is 372 g/mol. The van der Waals surface area contributed by atoms with E-state index in [9.17, 15) is 0 Å². The second-order valence-electron chi connectivity index (χ2n) is 4.39. The van der Waals surface area contributed by atoms with Gasteiger partial charge in [0, 0.05) is 0 Å². The van der Waals surface area contributed by atoms with Gasteiger partial charge in [0.05, 0.1) is 0 Å². The van der Waals surface area contributed by atoms with Crippen LogP contribution in [0.3, 0.4) is 0 Å². The van der Waals surface area contributed by atoms with Crippen LogP contribution >= 0.6 is 0 Å². The summed E-state index contributed by atoms with van der Waals surface area (Å²) in [6.45, 7) is 2.20. The third-order valence-corrected chi connectivity index (χ3v) is 3.30. The van der Waals surface area contributed by atoms with Gasteiger partial charge in [0.2, 0.25) is 0 Å². The van der Waals surface area contributed by atoms with Crippen LogP contribution in [0.4, 0.5) is 0 Å². The number of halogens is 3. The molecule has 3 aromatic carbocycles. The first-order valence-corrected chi connectivity index (χ1v) is 6.12. The Kier molecular flexibility index (Phi) is 11.3. The van der Waals surface area contributed by atoms with Crippen LogP contribution in [0.25, 0.3) is 21.9 Å². The van der Waals surface area contributed by atoms with Gasteiger partial charge in [-0.1, -0.05) is 48.9 Å². The fraction of sp³-hybridized carbons (Fsp3) is 0.118. The molecule has 21 heavy (non-hydrogen) atoms. The Hall–Kier alpha value is -0.366. The van der Waals surface area contributed by atoms with Crippen molar-refractivity contribution in [1.82, 2.24) is 0 Å². The topological polar surface area (TPSA) is 0 Å². The Morgan fingerprint density at radius 1 is 0.857 bits per heavy atom. The zero-order valence-electron chi connectivity index (χ0n) is 11.6. The van der Waals surface area contributed by atoms with E-state index in [1.165, 1.54) is 27.5 Å². The fourth-order valence-electron chi connectivity index (χ4n) is 2.37. The van der Waals surface area contributed by atoms with Gasteiger partial charge >= 0.3 is 21.7 Å². The molecule has 0 spiro atoms. The Labute approximate surface area is 159 Å². The second kappa shape index (κ2) is 10.4. The number of benzene rings is 2. The van der Waals surface area contributed by atoms with Crippen LogP contribution in [0.2, 0.25) is 0 Å². The molecule has 3 aromatic rings. The zero-order chi connectivity index (χ0) is 11.7. The van der Waals surface area contributed by atoms with E-state index in [0.717, 1.165) is 6.42 Å². The molecule has 0 amide bonds. The van der Waals surface area contributed by atoms with Crippen LogP contribution in [0.15, 0.2) is 60.7 Å². The van der Waals surface area contributed by atoms with Gasteiger partial charge in [-0.25, -0.2) is 0 Å². The van der Waals surface area contributed by atoms with Gasteiger partial charge < -0.3 is 37.2 Å². The summed E-state index contributed by atoms with van der Waals surface area (Å²) in [5.41, 5.74) is 4.05. The van der Waals surface area contributed by atoms with Gasteiger partial charge in [0.15, 0.2) is 0 Å². The van der Waals surface area contributed by atoms with E-state index in [4.69, 9.17) is 0 Å². The molecule has 0 atom stereocenters. The van der Waals surface area contributed by atoms with Crippen LogP contribution < -0.4 is 37.2 Å². The molecule has 0 fully saturated rings. The normalized spacial score (nSPS) is 8.81. The Bertz CT molecular complexity index is 647. The maximum Gasteiger partial charge on any atom is 4.00 e. The molecule has 0 radical (unpaired) electrons. The van der Waals surface area contributed by atoms with Crippen molar-refractivity contribution in [2.24, 2.45) is 0 Å². The van der Waals surface area contributed by atoms with Crippen molar-refractivity contribution in [3.8, 4) is 11.1 Å². The molecule has 0 nitrogen and oxygen atoms in total. The van der Waals surface area contributed by atoms with Gasteiger partial charge in [-0.3, -0.25) is 0 Å². The van der Waals surface area contributed by atoms with Gasteiger partial charge in [-0.05, 0) is 12.0 Å². The number of fused-ring (bicyclic) bond motifs is 1. The minimum absolute atomic E-state index is 0. The van der Waals surface area contributed by atoms with Crippen molar-refractivity contribution in [2.75, 3.05) is 0 Å².